The maximum atomic E-state index is 11.9. The van der Waals surface area contributed by atoms with Gasteiger partial charge in [0.1, 0.15) is 5.60 Å². The van der Waals surface area contributed by atoms with E-state index in [0.29, 0.717) is 5.54 Å². The number of rotatable bonds is 2. The van der Waals surface area contributed by atoms with Crippen molar-refractivity contribution in [3.8, 4) is 0 Å². The van der Waals surface area contributed by atoms with E-state index >= 15 is 0 Å². The topological polar surface area (TPSA) is 41.6 Å². The number of amides is 1. The molecule has 1 N–H and O–H groups in total. The molecule has 1 amide bonds. The Kier molecular flexibility index (Phi) is 3.58. The van der Waals surface area contributed by atoms with Crippen LogP contribution in [0, 0.1) is 5.92 Å². The Hall–Kier alpha value is -0.770. The monoisotopic (exact) mass is 254 g/mol. The third kappa shape index (κ3) is 2.97. The van der Waals surface area contributed by atoms with Gasteiger partial charge in [-0.3, -0.25) is 0 Å². The fraction of sp³-hybridized carbons (Fsp3) is 0.929. The van der Waals surface area contributed by atoms with Crippen molar-refractivity contribution in [2.24, 2.45) is 5.92 Å². The van der Waals surface area contributed by atoms with Crippen molar-refractivity contribution in [3.05, 3.63) is 0 Å². The van der Waals surface area contributed by atoms with E-state index in [-0.39, 0.29) is 6.09 Å². The Morgan fingerprint density at radius 3 is 2.22 bits per heavy atom. The Bertz CT molecular complexity index is 310. The molecule has 0 atom stereocenters. The van der Waals surface area contributed by atoms with E-state index < -0.39 is 5.60 Å². The predicted molar refractivity (Wildman–Crippen MR) is 71.6 cm³/mol. The lowest BCUT2D eigenvalue weighted by Gasteiger charge is -2.37. The molecule has 0 aromatic carbocycles. The van der Waals surface area contributed by atoms with Crippen molar-refractivity contribution in [3.63, 3.8) is 0 Å². The molecule has 1 aliphatic carbocycles. The molecule has 104 valence electrons. The molecule has 1 heterocycles. The highest BCUT2D eigenvalue weighted by Crippen LogP contribution is 2.46. The number of hydrogen-bond donors (Lipinski definition) is 1. The molecule has 0 aromatic rings. The minimum atomic E-state index is -0.392. The van der Waals surface area contributed by atoms with Crippen LogP contribution < -0.4 is 5.32 Å². The van der Waals surface area contributed by atoms with Crippen LogP contribution in [-0.2, 0) is 4.74 Å². The summed E-state index contributed by atoms with van der Waals surface area (Å²) in [4.78, 5) is 13.8. The quantitative estimate of drug-likeness (QED) is 0.822. The zero-order chi connectivity index (χ0) is 13.4. The summed E-state index contributed by atoms with van der Waals surface area (Å²) in [6.45, 7) is 7.42. The summed E-state index contributed by atoms with van der Waals surface area (Å²) < 4.78 is 5.41. The van der Waals surface area contributed by atoms with Crippen LogP contribution in [0.2, 0.25) is 0 Å². The lowest BCUT2D eigenvalue weighted by molar-refractivity contribution is 0.0164. The molecule has 18 heavy (non-hydrogen) atoms. The zero-order valence-corrected chi connectivity index (χ0v) is 12.1. The molecule has 4 heteroatoms. The smallest absolute Gasteiger partial charge is 0.410 e. The maximum absolute atomic E-state index is 11.9. The zero-order valence-electron chi connectivity index (χ0n) is 12.1. The number of nitrogens with zero attached hydrogens (tertiary/aromatic N) is 1. The second kappa shape index (κ2) is 4.72. The molecule has 0 unspecified atom stereocenters. The first kappa shape index (κ1) is 13.7. The van der Waals surface area contributed by atoms with Crippen LogP contribution in [0.3, 0.4) is 0 Å². The van der Waals surface area contributed by atoms with Crippen LogP contribution >= 0.6 is 0 Å². The lowest BCUT2D eigenvalue weighted by atomic mass is 9.87. The van der Waals surface area contributed by atoms with Gasteiger partial charge in [-0.2, -0.15) is 0 Å². The standard InChI is InChI=1S/C14H26N2O2/c1-13(2,3)18-12(17)16-9-5-11(6-10-16)14(15-4)7-8-14/h11,15H,5-10H2,1-4H3. The van der Waals surface area contributed by atoms with Crippen LogP contribution in [0.15, 0.2) is 0 Å². The molecule has 0 bridgehead atoms. The van der Waals surface area contributed by atoms with E-state index in [4.69, 9.17) is 4.74 Å². The SMILES string of the molecule is CNC1(C2CCN(C(=O)OC(C)(C)C)CC2)CC1. The molecule has 1 saturated heterocycles. The van der Waals surface area contributed by atoms with E-state index in [9.17, 15) is 4.79 Å². The van der Waals surface area contributed by atoms with Gasteiger partial charge in [0.2, 0.25) is 0 Å². The van der Waals surface area contributed by atoms with Crippen LogP contribution in [-0.4, -0.2) is 42.3 Å². The van der Waals surface area contributed by atoms with Gasteiger partial charge in [0, 0.05) is 18.6 Å². The van der Waals surface area contributed by atoms with E-state index in [1.165, 1.54) is 12.8 Å². The Morgan fingerprint density at radius 1 is 1.28 bits per heavy atom. The molecule has 1 saturated carbocycles. The lowest BCUT2D eigenvalue weighted by Crippen LogP contribution is -2.46. The van der Waals surface area contributed by atoms with Crippen molar-refractivity contribution in [2.75, 3.05) is 20.1 Å². The van der Waals surface area contributed by atoms with Gasteiger partial charge in [-0.1, -0.05) is 0 Å². The molecule has 1 aliphatic heterocycles. The second-order valence-electron chi connectivity index (χ2n) is 6.65. The number of carbonyl (C=O) groups is 1. The Morgan fingerprint density at radius 2 is 1.83 bits per heavy atom. The second-order valence-corrected chi connectivity index (χ2v) is 6.65. The van der Waals surface area contributed by atoms with Crippen LogP contribution in [0.4, 0.5) is 4.79 Å². The van der Waals surface area contributed by atoms with E-state index in [0.717, 1.165) is 31.8 Å². The predicted octanol–water partition coefficient (Wildman–Crippen LogP) is 2.39. The van der Waals surface area contributed by atoms with Gasteiger partial charge in [0.25, 0.3) is 0 Å². The fourth-order valence-corrected chi connectivity index (χ4v) is 2.94. The number of nitrogens with one attached hydrogen (secondary N) is 1. The number of hydrogen-bond acceptors (Lipinski definition) is 3. The first-order chi connectivity index (χ1) is 8.36. The van der Waals surface area contributed by atoms with E-state index in [1.54, 1.807) is 0 Å². The number of ether oxygens (including phenoxy) is 1. The third-order valence-corrected chi connectivity index (χ3v) is 4.21. The van der Waals surface area contributed by atoms with Gasteiger partial charge >= 0.3 is 6.09 Å². The largest absolute Gasteiger partial charge is 0.444 e. The molecular formula is C14H26N2O2. The minimum absolute atomic E-state index is 0.157. The Balaban J connectivity index is 1.82. The van der Waals surface area contributed by atoms with Crippen molar-refractivity contribution in [1.29, 1.82) is 0 Å². The summed E-state index contributed by atoms with van der Waals surface area (Å²) in [6, 6.07) is 0. The summed E-state index contributed by atoms with van der Waals surface area (Å²) in [5, 5.41) is 3.47. The highest BCUT2D eigenvalue weighted by atomic mass is 16.6. The molecule has 0 aromatic heterocycles. The van der Waals surface area contributed by atoms with Crippen molar-refractivity contribution in [2.45, 2.75) is 57.6 Å². The van der Waals surface area contributed by atoms with Crippen LogP contribution in [0.1, 0.15) is 46.5 Å². The first-order valence-electron chi connectivity index (χ1n) is 7.03. The van der Waals surface area contributed by atoms with Crippen molar-refractivity contribution < 1.29 is 9.53 Å². The molecular weight excluding hydrogens is 228 g/mol. The summed E-state index contributed by atoms with van der Waals surface area (Å²) in [5.41, 5.74) is -0.00333. The van der Waals surface area contributed by atoms with Gasteiger partial charge in [-0.25, -0.2) is 4.79 Å². The van der Waals surface area contributed by atoms with Gasteiger partial charge in [-0.15, -0.1) is 0 Å². The normalized spacial score (nSPS) is 23.9. The van der Waals surface area contributed by atoms with Gasteiger partial charge in [0.15, 0.2) is 0 Å². The van der Waals surface area contributed by atoms with E-state index in [1.807, 2.05) is 25.7 Å². The van der Waals surface area contributed by atoms with Crippen molar-refractivity contribution in [1.82, 2.24) is 10.2 Å². The fourth-order valence-electron chi connectivity index (χ4n) is 2.94. The molecule has 4 nitrogen and oxygen atoms in total. The highest BCUT2D eigenvalue weighted by molar-refractivity contribution is 5.68. The summed E-state index contributed by atoms with van der Waals surface area (Å²) in [7, 11) is 2.06. The number of piperidine rings is 1. The van der Waals surface area contributed by atoms with E-state index in [2.05, 4.69) is 12.4 Å². The minimum Gasteiger partial charge on any atom is -0.444 e. The molecule has 2 rings (SSSR count). The van der Waals surface area contributed by atoms with Gasteiger partial charge < -0.3 is 15.0 Å². The summed E-state index contributed by atoms with van der Waals surface area (Å²) in [5.74, 6) is 0.723. The summed E-state index contributed by atoms with van der Waals surface area (Å²) >= 11 is 0. The Labute approximate surface area is 110 Å². The maximum Gasteiger partial charge on any atom is 0.410 e. The average Bonchev–Trinajstić information content (AvgIpc) is 3.08. The average molecular weight is 254 g/mol. The van der Waals surface area contributed by atoms with Crippen LogP contribution in [0.5, 0.6) is 0 Å². The molecule has 2 fully saturated rings. The number of carbonyl (C=O) groups excluding carboxylic acids is 1. The van der Waals surface area contributed by atoms with Gasteiger partial charge in [-0.05, 0) is 59.4 Å². The highest BCUT2D eigenvalue weighted by Gasteiger charge is 2.48. The number of likely N-dealkylation sites (tertiary alicyclic amines) is 1. The van der Waals surface area contributed by atoms with Gasteiger partial charge in [0.05, 0.1) is 0 Å². The van der Waals surface area contributed by atoms with Crippen LogP contribution in [0.25, 0.3) is 0 Å². The molecule has 0 radical (unpaired) electrons. The molecule has 0 spiro atoms. The molecule has 2 aliphatic rings. The summed E-state index contributed by atoms with van der Waals surface area (Å²) in [6.07, 6.45) is 4.62. The van der Waals surface area contributed by atoms with Crippen molar-refractivity contribution >= 4 is 6.09 Å². The first-order valence-corrected chi connectivity index (χ1v) is 7.03. The third-order valence-electron chi connectivity index (χ3n) is 4.21.